The SMILES string of the molecule is CC1C(C(=O)O)CCN1C(=O)CCCOc1ccccc1. The highest BCUT2D eigenvalue weighted by Gasteiger charge is 2.37. The first kappa shape index (κ1) is 15.4. The Labute approximate surface area is 124 Å². The third-order valence-electron chi connectivity index (χ3n) is 3.94. The summed E-state index contributed by atoms with van der Waals surface area (Å²) in [6, 6.07) is 9.26. The Kier molecular flexibility index (Phi) is 5.20. The third-order valence-corrected chi connectivity index (χ3v) is 3.94. The number of carboxylic acid groups (broad SMARTS) is 1. The van der Waals surface area contributed by atoms with Crippen molar-refractivity contribution in [3.05, 3.63) is 30.3 Å². The van der Waals surface area contributed by atoms with Crippen LogP contribution in [-0.4, -0.2) is 41.1 Å². The number of hydrogen-bond donors (Lipinski definition) is 1. The molecule has 0 radical (unpaired) electrons. The van der Waals surface area contributed by atoms with E-state index >= 15 is 0 Å². The van der Waals surface area contributed by atoms with E-state index in [1.165, 1.54) is 0 Å². The molecule has 1 aromatic carbocycles. The van der Waals surface area contributed by atoms with Gasteiger partial charge in [-0.1, -0.05) is 18.2 Å². The Morgan fingerprint density at radius 1 is 1.33 bits per heavy atom. The Morgan fingerprint density at radius 3 is 2.67 bits per heavy atom. The molecular formula is C16H21NO4. The summed E-state index contributed by atoms with van der Waals surface area (Å²) in [5.74, 6) is -0.437. The van der Waals surface area contributed by atoms with Gasteiger partial charge in [0.25, 0.3) is 0 Å². The van der Waals surface area contributed by atoms with Gasteiger partial charge in [-0.05, 0) is 31.9 Å². The van der Waals surface area contributed by atoms with Crippen molar-refractivity contribution in [3.63, 3.8) is 0 Å². The number of amides is 1. The van der Waals surface area contributed by atoms with Gasteiger partial charge in [0.05, 0.1) is 12.5 Å². The van der Waals surface area contributed by atoms with E-state index in [1.54, 1.807) is 4.90 Å². The Bertz CT molecular complexity index is 488. The van der Waals surface area contributed by atoms with E-state index in [0.717, 1.165) is 5.75 Å². The number of hydrogen-bond acceptors (Lipinski definition) is 3. The van der Waals surface area contributed by atoms with E-state index < -0.39 is 11.9 Å². The smallest absolute Gasteiger partial charge is 0.308 e. The summed E-state index contributed by atoms with van der Waals surface area (Å²) in [6.45, 7) is 2.83. The molecule has 1 amide bonds. The molecule has 1 N–H and O–H groups in total. The number of likely N-dealkylation sites (tertiary alicyclic amines) is 1. The lowest BCUT2D eigenvalue weighted by Gasteiger charge is -2.23. The zero-order valence-electron chi connectivity index (χ0n) is 12.2. The fourth-order valence-corrected chi connectivity index (χ4v) is 2.70. The lowest BCUT2D eigenvalue weighted by Crippen LogP contribution is -2.37. The molecule has 1 heterocycles. The molecule has 5 nitrogen and oxygen atoms in total. The van der Waals surface area contributed by atoms with E-state index in [4.69, 9.17) is 9.84 Å². The van der Waals surface area contributed by atoms with Gasteiger partial charge in [0.2, 0.25) is 5.91 Å². The average molecular weight is 291 g/mol. The number of aliphatic carboxylic acids is 1. The van der Waals surface area contributed by atoms with Crippen molar-refractivity contribution >= 4 is 11.9 Å². The van der Waals surface area contributed by atoms with Gasteiger partial charge in [0, 0.05) is 19.0 Å². The maximum atomic E-state index is 12.1. The van der Waals surface area contributed by atoms with Gasteiger partial charge in [-0.15, -0.1) is 0 Å². The van der Waals surface area contributed by atoms with Gasteiger partial charge in [0.15, 0.2) is 0 Å². The van der Waals surface area contributed by atoms with Crippen LogP contribution in [0, 0.1) is 5.92 Å². The second kappa shape index (κ2) is 7.11. The van der Waals surface area contributed by atoms with Crippen molar-refractivity contribution in [2.24, 2.45) is 5.92 Å². The van der Waals surface area contributed by atoms with Crippen LogP contribution in [0.15, 0.2) is 30.3 Å². The molecule has 0 spiro atoms. The topological polar surface area (TPSA) is 66.8 Å². The summed E-state index contributed by atoms with van der Waals surface area (Å²) >= 11 is 0. The Hall–Kier alpha value is -2.04. The fraction of sp³-hybridized carbons (Fsp3) is 0.500. The van der Waals surface area contributed by atoms with Gasteiger partial charge in [-0.25, -0.2) is 0 Å². The summed E-state index contributed by atoms with van der Waals surface area (Å²) < 4.78 is 5.54. The van der Waals surface area contributed by atoms with Crippen LogP contribution in [0.5, 0.6) is 5.75 Å². The van der Waals surface area contributed by atoms with E-state index in [2.05, 4.69) is 0 Å². The van der Waals surface area contributed by atoms with Crippen LogP contribution in [0.4, 0.5) is 0 Å². The van der Waals surface area contributed by atoms with Crippen LogP contribution >= 0.6 is 0 Å². The molecule has 1 fully saturated rings. The van der Waals surface area contributed by atoms with Gasteiger partial charge >= 0.3 is 5.97 Å². The fourth-order valence-electron chi connectivity index (χ4n) is 2.70. The first-order valence-corrected chi connectivity index (χ1v) is 7.29. The molecule has 2 unspecified atom stereocenters. The molecule has 1 aliphatic rings. The van der Waals surface area contributed by atoms with Crippen LogP contribution < -0.4 is 4.74 Å². The summed E-state index contributed by atoms with van der Waals surface area (Å²) in [5.41, 5.74) is 0. The first-order valence-electron chi connectivity index (χ1n) is 7.29. The molecular weight excluding hydrogens is 270 g/mol. The average Bonchev–Trinajstić information content (AvgIpc) is 2.86. The number of carbonyl (C=O) groups excluding carboxylic acids is 1. The molecule has 0 saturated carbocycles. The monoisotopic (exact) mass is 291 g/mol. The second-order valence-electron chi connectivity index (χ2n) is 5.33. The molecule has 1 aliphatic heterocycles. The molecule has 5 heteroatoms. The van der Waals surface area contributed by atoms with Crippen molar-refractivity contribution in [3.8, 4) is 5.75 Å². The quantitative estimate of drug-likeness (QED) is 0.816. The maximum Gasteiger partial charge on any atom is 0.308 e. The molecule has 0 bridgehead atoms. The zero-order chi connectivity index (χ0) is 15.2. The van der Waals surface area contributed by atoms with Crippen molar-refractivity contribution in [1.82, 2.24) is 4.90 Å². The van der Waals surface area contributed by atoms with Crippen LogP contribution in [0.3, 0.4) is 0 Å². The van der Waals surface area contributed by atoms with Gasteiger partial charge in [0.1, 0.15) is 5.75 Å². The third kappa shape index (κ3) is 3.97. The van der Waals surface area contributed by atoms with Crippen molar-refractivity contribution in [1.29, 1.82) is 0 Å². The summed E-state index contributed by atoms with van der Waals surface area (Å²) in [4.78, 5) is 24.8. The standard InChI is InChI=1S/C16H21NO4/c1-12-14(16(19)20)9-10-17(12)15(18)8-5-11-21-13-6-3-2-4-7-13/h2-4,6-7,12,14H,5,8-11H2,1H3,(H,19,20). The molecule has 114 valence electrons. The number of carbonyl (C=O) groups is 2. The lowest BCUT2D eigenvalue weighted by molar-refractivity contribution is -0.143. The molecule has 1 saturated heterocycles. The molecule has 0 aliphatic carbocycles. The number of ether oxygens (including phenoxy) is 1. The number of rotatable bonds is 6. The van der Waals surface area contributed by atoms with Crippen molar-refractivity contribution in [2.45, 2.75) is 32.2 Å². The lowest BCUT2D eigenvalue weighted by atomic mass is 10.0. The Balaban J connectivity index is 1.72. The summed E-state index contributed by atoms with van der Waals surface area (Å²) in [6.07, 6.45) is 1.57. The highest BCUT2D eigenvalue weighted by Crippen LogP contribution is 2.25. The largest absolute Gasteiger partial charge is 0.494 e. The normalized spacial score (nSPS) is 21.3. The van der Waals surface area contributed by atoms with Gasteiger partial charge < -0.3 is 14.7 Å². The van der Waals surface area contributed by atoms with Gasteiger partial charge in [-0.2, -0.15) is 0 Å². The Morgan fingerprint density at radius 2 is 2.05 bits per heavy atom. The highest BCUT2D eigenvalue weighted by molar-refractivity contribution is 5.79. The minimum absolute atomic E-state index is 0.0166. The number of carboxylic acids is 1. The molecule has 21 heavy (non-hydrogen) atoms. The van der Waals surface area contributed by atoms with Gasteiger partial charge in [-0.3, -0.25) is 9.59 Å². The van der Waals surface area contributed by atoms with E-state index in [9.17, 15) is 9.59 Å². The maximum absolute atomic E-state index is 12.1. The molecule has 2 atom stereocenters. The van der Waals surface area contributed by atoms with Crippen molar-refractivity contribution < 1.29 is 19.4 Å². The predicted molar refractivity (Wildman–Crippen MR) is 78.1 cm³/mol. The van der Waals surface area contributed by atoms with E-state index in [1.807, 2.05) is 37.3 Å². The molecule has 0 aromatic heterocycles. The summed E-state index contributed by atoms with van der Waals surface area (Å²) in [7, 11) is 0. The molecule has 2 rings (SSSR count). The first-order chi connectivity index (χ1) is 10.1. The number of nitrogens with zero attached hydrogens (tertiary/aromatic N) is 1. The van der Waals surface area contributed by atoms with Crippen LogP contribution in [0.25, 0.3) is 0 Å². The van der Waals surface area contributed by atoms with E-state index in [-0.39, 0.29) is 11.9 Å². The second-order valence-corrected chi connectivity index (χ2v) is 5.33. The van der Waals surface area contributed by atoms with E-state index in [0.29, 0.717) is 32.4 Å². The minimum Gasteiger partial charge on any atom is -0.494 e. The van der Waals surface area contributed by atoms with Crippen LogP contribution in [-0.2, 0) is 9.59 Å². The minimum atomic E-state index is -0.815. The predicted octanol–water partition coefficient (Wildman–Crippen LogP) is 2.17. The number of para-hydroxylation sites is 1. The van der Waals surface area contributed by atoms with Crippen LogP contribution in [0.2, 0.25) is 0 Å². The molecule has 1 aromatic rings. The van der Waals surface area contributed by atoms with Crippen molar-refractivity contribution in [2.75, 3.05) is 13.2 Å². The van der Waals surface area contributed by atoms with Crippen LogP contribution in [0.1, 0.15) is 26.2 Å². The zero-order valence-corrected chi connectivity index (χ0v) is 12.2. The number of benzene rings is 1. The summed E-state index contributed by atoms with van der Waals surface area (Å²) in [5, 5.41) is 9.07. The highest BCUT2D eigenvalue weighted by atomic mass is 16.5.